The molecule has 0 bridgehead atoms. The molecule has 1 atom stereocenters. The molecule has 1 aliphatic heterocycles. The Labute approximate surface area is 182 Å². The molecule has 8 heteroatoms. The first-order valence-electron chi connectivity index (χ1n) is 10.6. The molecule has 0 aromatic carbocycles. The summed E-state index contributed by atoms with van der Waals surface area (Å²) in [6, 6.07) is 6.52. The summed E-state index contributed by atoms with van der Waals surface area (Å²) in [6.07, 6.45) is 2.87. The molecule has 0 amide bonds. The number of hydrogen-bond donors (Lipinski definition) is 1. The predicted octanol–water partition coefficient (Wildman–Crippen LogP) is 3.53. The summed E-state index contributed by atoms with van der Waals surface area (Å²) in [5.74, 6) is 0.704. The highest BCUT2D eigenvalue weighted by atomic mass is 32.1. The lowest BCUT2D eigenvalue weighted by atomic mass is 10.0. The van der Waals surface area contributed by atoms with Gasteiger partial charge in [-0.1, -0.05) is 19.9 Å². The molecular weight excluding hydrogens is 396 g/mol. The molecule has 30 heavy (non-hydrogen) atoms. The number of aromatic nitrogens is 4. The largest absolute Gasteiger partial charge is 0.374 e. The van der Waals surface area contributed by atoms with E-state index in [0.29, 0.717) is 12.0 Å². The van der Waals surface area contributed by atoms with Gasteiger partial charge in [-0.3, -0.25) is 9.80 Å². The van der Waals surface area contributed by atoms with Crippen molar-refractivity contribution in [3.63, 3.8) is 0 Å². The highest BCUT2D eigenvalue weighted by Crippen LogP contribution is 2.30. The van der Waals surface area contributed by atoms with Crippen molar-refractivity contribution in [1.29, 1.82) is 0 Å². The van der Waals surface area contributed by atoms with Gasteiger partial charge in [0, 0.05) is 44.0 Å². The molecular formula is C22H30N6OS. The van der Waals surface area contributed by atoms with Crippen molar-refractivity contribution in [2.24, 2.45) is 0 Å². The van der Waals surface area contributed by atoms with Gasteiger partial charge in [0.2, 0.25) is 0 Å². The first-order chi connectivity index (χ1) is 14.5. The quantitative estimate of drug-likeness (QED) is 0.650. The normalized spacial score (nSPS) is 17.2. The maximum atomic E-state index is 11.2. The summed E-state index contributed by atoms with van der Waals surface area (Å²) >= 11 is 1.65. The Balaban J connectivity index is 1.62. The van der Waals surface area contributed by atoms with Crippen LogP contribution in [-0.4, -0.2) is 66.9 Å². The van der Waals surface area contributed by atoms with Crippen LogP contribution in [0, 0.1) is 0 Å². The minimum absolute atomic E-state index is 0.170. The van der Waals surface area contributed by atoms with Crippen LogP contribution in [0.5, 0.6) is 0 Å². The molecule has 3 aromatic rings. The van der Waals surface area contributed by atoms with Crippen molar-refractivity contribution >= 4 is 11.3 Å². The molecule has 160 valence electrons. The van der Waals surface area contributed by atoms with E-state index in [4.69, 9.17) is 4.98 Å². The third-order valence-corrected chi connectivity index (χ3v) is 6.58. The molecule has 7 nitrogen and oxygen atoms in total. The fourth-order valence-electron chi connectivity index (χ4n) is 4.01. The van der Waals surface area contributed by atoms with E-state index in [1.54, 1.807) is 28.4 Å². The first-order valence-corrected chi connectivity index (χ1v) is 11.4. The zero-order valence-corrected chi connectivity index (χ0v) is 18.9. The third-order valence-electron chi connectivity index (χ3n) is 5.69. The van der Waals surface area contributed by atoms with Gasteiger partial charge in [0.05, 0.1) is 22.5 Å². The summed E-state index contributed by atoms with van der Waals surface area (Å²) in [5, 5.41) is 17.8. The molecule has 3 aromatic heterocycles. The van der Waals surface area contributed by atoms with Gasteiger partial charge in [0.25, 0.3) is 5.95 Å². The molecule has 1 aliphatic rings. The van der Waals surface area contributed by atoms with Gasteiger partial charge in [-0.2, -0.15) is 5.10 Å². The summed E-state index contributed by atoms with van der Waals surface area (Å²) in [5.41, 5.74) is 2.68. The Morgan fingerprint density at radius 2 is 1.77 bits per heavy atom. The summed E-state index contributed by atoms with van der Waals surface area (Å²) in [6.45, 7) is 12.3. The molecule has 0 spiro atoms. The molecule has 4 rings (SSSR count). The number of rotatable bonds is 6. The van der Waals surface area contributed by atoms with Crippen LogP contribution in [-0.2, 0) is 0 Å². The number of aliphatic hydroxyl groups excluding tert-OH is 1. The van der Waals surface area contributed by atoms with E-state index in [1.807, 2.05) is 17.5 Å². The smallest absolute Gasteiger partial charge is 0.251 e. The van der Waals surface area contributed by atoms with Gasteiger partial charge in [0.15, 0.2) is 0 Å². The van der Waals surface area contributed by atoms with Crippen LogP contribution in [0.3, 0.4) is 0 Å². The van der Waals surface area contributed by atoms with Crippen molar-refractivity contribution in [3.8, 4) is 16.5 Å². The molecule has 0 aliphatic carbocycles. The number of piperazine rings is 1. The number of hydrogen-bond acceptors (Lipinski definition) is 7. The standard InChI is InChI=1S/C22H30N6OS/c1-15(2)20-17(21(29)27-11-9-26(10-12-27)16(3)4)14-24-28(20)22-23-8-7-18(25-22)19-6-5-13-30-19/h5-8,13-16,21,29H,9-12H2,1-4H3. The molecule has 1 N–H and O–H groups in total. The minimum atomic E-state index is -0.675. The maximum Gasteiger partial charge on any atom is 0.251 e. The lowest BCUT2D eigenvalue weighted by Gasteiger charge is -2.39. The SMILES string of the molecule is CC(C)c1c(C(O)N2CCN(C(C)C)CC2)cnn1-c1nccc(-c2cccs2)n1. The Morgan fingerprint density at radius 1 is 1.03 bits per heavy atom. The zero-order valence-electron chi connectivity index (χ0n) is 18.1. The second-order valence-electron chi connectivity index (χ2n) is 8.31. The van der Waals surface area contributed by atoms with Gasteiger partial charge in [-0.25, -0.2) is 14.6 Å². The fourth-order valence-corrected chi connectivity index (χ4v) is 4.71. The molecule has 0 radical (unpaired) electrons. The van der Waals surface area contributed by atoms with Gasteiger partial charge in [-0.05, 0) is 37.3 Å². The average molecular weight is 427 g/mol. The Morgan fingerprint density at radius 3 is 2.40 bits per heavy atom. The topological polar surface area (TPSA) is 70.3 Å². The van der Waals surface area contributed by atoms with Crippen LogP contribution in [0.1, 0.15) is 51.1 Å². The second-order valence-corrected chi connectivity index (χ2v) is 9.26. The van der Waals surface area contributed by atoms with Crippen LogP contribution in [0.15, 0.2) is 36.0 Å². The first kappa shape index (κ1) is 21.1. The predicted molar refractivity (Wildman–Crippen MR) is 120 cm³/mol. The number of aliphatic hydroxyl groups is 1. The molecule has 0 saturated carbocycles. The van der Waals surface area contributed by atoms with E-state index in [0.717, 1.165) is 48.0 Å². The Bertz CT molecular complexity index is 960. The van der Waals surface area contributed by atoms with E-state index >= 15 is 0 Å². The summed E-state index contributed by atoms with van der Waals surface area (Å²) < 4.78 is 1.78. The number of nitrogens with zero attached hydrogens (tertiary/aromatic N) is 6. The van der Waals surface area contributed by atoms with Gasteiger partial charge >= 0.3 is 0 Å². The summed E-state index contributed by atoms with van der Waals surface area (Å²) in [7, 11) is 0. The minimum Gasteiger partial charge on any atom is -0.374 e. The van der Waals surface area contributed by atoms with E-state index in [-0.39, 0.29) is 5.92 Å². The summed E-state index contributed by atoms with van der Waals surface area (Å²) in [4.78, 5) is 14.9. The van der Waals surface area contributed by atoms with Crippen molar-refractivity contribution in [1.82, 2.24) is 29.5 Å². The zero-order chi connectivity index (χ0) is 21.3. The van der Waals surface area contributed by atoms with E-state index in [2.05, 4.69) is 53.6 Å². The second kappa shape index (κ2) is 8.93. The van der Waals surface area contributed by atoms with Gasteiger partial charge in [-0.15, -0.1) is 11.3 Å². The molecule has 1 fully saturated rings. The molecule has 1 saturated heterocycles. The lowest BCUT2D eigenvalue weighted by molar-refractivity contribution is -0.0327. The monoisotopic (exact) mass is 426 g/mol. The molecule has 1 unspecified atom stereocenters. The van der Waals surface area contributed by atoms with E-state index in [9.17, 15) is 5.11 Å². The van der Waals surface area contributed by atoms with Crippen LogP contribution >= 0.6 is 11.3 Å². The van der Waals surface area contributed by atoms with Crippen LogP contribution in [0.2, 0.25) is 0 Å². The maximum absolute atomic E-state index is 11.2. The highest BCUT2D eigenvalue weighted by Gasteiger charge is 2.29. The fraction of sp³-hybridized carbons (Fsp3) is 0.500. The van der Waals surface area contributed by atoms with E-state index in [1.165, 1.54) is 0 Å². The third kappa shape index (κ3) is 4.18. The van der Waals surface area contributed by atoms with Crippen LogP contribution < -0.4 is 0 Å². The van der Waals surface area contributed by atoms with Crippen molar-refractivity contribution < 1.29 is 5.11 Å². The lowest BCUT2D eigenvalue weighted by Crippen LogP contribution is -2.49. The van der Waals surface area contributed by atoms with Crippen molar-refractivity contribution in [2.45, 2.75) is 45.9 Å². The van der Waals surface area contributed by atoms with Crippen LogP contribution in [0.25, 0.3) is 16.5 Å². The van der Waals surface area contributed by atoms with Crippen LogP contribution in [0.4, 0.5) is 0 Å². The number of thiophene rings is 1. The Hall–Kier alpha value is -2.13. The highest BCUT2D eigenvalue weighted by molar-refractivity contribution is 7.13. The average Bonchev–Trinajstić information content (AvgIpc) is 3.43. The van der Waals surface area contributed by atoms with Gasteiger partial charge < -0.3 is 5.11 Å². The van der Waals surface area contributed by atoms with Crippen molar-refractivity contribution in [2.75, 3.05) is 26.2 Å². The molecule has 4 heterocycles. The van der Waals surface area contributed by atoms with Crippen molar-refractivity contribution in [3.05, 3.63) is 47.2 Å². The van der Waals surface area contributed by atoms with Gasteiger partial charge in [0.1, 0.15) is 6.23 Å². The van der Waals surface area contributed by atoms with E-state index < -0.39 is 6.23 Å². The Kier molecular flexibility index (Phi) is 6.29.